The quantitative estimate of drug-likeness (QED) is 0.797. The molecule has 1 fully saturated rings. The van der Waals surface area contributed by atoms with Crippen molar-refractivity contribution in [3.63, 3.8) is 0 Å². The second-order valence-corrected chi connectivity index (χ2v) is 4.30. The van der Waals surface area contributed by atoms with Crippen LogP contribution in [0.1, 0.15) is 29.9 Å². The number of hydrogen-bond acceptors (Lipinski definition) is 2. The minimum atomic E-state index is -4.40. The van der Waals surface area contributed by atoms with Crippen LogP contribution in [0.3, 0.4) is 0 Å². The van der Waals surface area contributed by atoms with E-state index in [4.69, 9.17) is 0 Å². The topological polar surface area (TPSA) is 32.3 Å². The Hall–Kier alpha value is -1.23. The molecule has 1 aliphatic heterocycles. The summed E-state index contributed by atoms with van der Waals surface area (Å²) in [7, 11) is 0. The fourth-order valence-corrected chi connectivity index (χ4v) is 2.20. The zero-order chi connectivity index (χ0) is 12.5. The van der Waals surface area contributed by atoms with Crippen molar-refractivity contribution >= 4 is 0 Å². The molecule has 17 heavy (non-hydrogen) atoms. The number of hydrogen-bond donors (Lipinski definition) is 2. The molecule has 5 heteroatoms. The molecular weight excluding hydrogens is 231 g/mol. The van der Waals surface area contributed by atoms with Gasteiger partial charge in [-0.25, -0.2) is 0 Å². The molecule has 94 valence electrons. The summed E-state index contributed by atoms with van der Waals surface area (Å²) in [6.45, 7) is 1.68. The number of piperidine rings is 1. The first-order valence-electron chi connectivity index (χ1n) is 5.59. The third-order valence-electron chi connectivity index (χ3n) is 3.14. The van der Waals surface area contributed by atoms with Crippen LogP contribution in [0.2, 0.25) is 0 Å². The number of aromatic hydroxyl groups is 1. The molecule has 0 atom stereocenters. The first-order chi connectivity index (χ1) is 7.98. The largest absolute Gasteiger partial charge is 0.508 e. The molecule has 2 N–H and O–H groups in total. The van der Waals surface area contributed by atoms with Gasteiger partial charge in [0.1, 0.15) is 5.75 Å². The van der Waals surface area contributed by atoms with Crippen molar-refractivity contribution in [2.24, 2.45) is 0 Å². The van der Waals surface area contributed by atoms with Gasteiger partial charge in [-0.3, -0.25) is 0 Å². The minimum absolute atomic E-state index is 0.151. The van der Waals surface area contributed by atoms with Crippen LogP contribution in [0, 0.1) is 0 Å². The molecular formula is C12H14F3NO. The number of phenols is 1. The van der Waals surface area contributed by atoms with Gasteiger partial charge in [0.25, 0.3) is 0 Å². The molecule has 0 radical (unpaired) electrons. The maximum atomic E-state index is 12.4. The van der Waals surface area contributed by atoms with Crippen LogP contribution in [0.4, 0.5) is 13.2 Å². The van der Waals surface area contributed by atoms with Gasteiger partial charge in [0, 0.05) is 0 Å². The summed E-state index contributed by atoms with van der Waals surface area (Å²) < 4.78 is 37.3. The van der Waals surface area contributed by atoms with Gasteiger partial charge in [0.15, 0.2) is 0 Å². The van der Waals surface area contributed by atoms with Gasteiger partial charge in [0.05, 0.1) is 5.56 Å². The number of benzene rings is 1. The smallest absolute Gasteiger partial charge is 0.416 e. The molecule has 1 aliphatic rings. The van der Waals surface area contributed by atoms with Crippen LogP contribution < -0.4 is 5.32 Å². The Labute approximate surface area is 97.5 Å². The van der Waals surface area contributed by atoms with E-state index < -0.39 is 11.7 Å². The summed E-state index contributed by atoms with van der Waals surface area (Å²) >= 11 is 0. The summed E-state index contributed by atoms with van der Waals surface area (Å²) in [4.78, 5) is 0. The Bertz CT molecular complexity index is 397. The lowest BCUT2D eigenvalue weighted by atomic mass is 9.89. The van der Waals surface area contributed by atoms with Crippen LogP contribution in [0.25, 0.3) is 0 Å². The molecule has 2 rings (SSSR count). The highest BCUT2D eigenvalue weighted by molar-refractivity contribution is 5.40. The van der Waals surface area contributed by atoms with Gasteiger partial charge in [0.2, 0.25) is 0 Å². The summed E-state index contributed by atoms with van der Waals surface area (Å²) in [5.41, 5.74) is -0.174. The number of nitrogens with one attached hydrogen (secondary N) is 1. The predicted octanol–water partition coefficient (Wildman–Crippen LogP) is 2.88. The fraction of sp³-hybridized carbons (Fsp3) is 0.500. The van der Waals surface area contributed by atoms with Crippen LogP contribution in [0.15, 0.2) is 18.2 Å². The van der Waals surface area contributed by atoms with E-state index in [-0.39, 0.29) is 11.7 Å². The van der Waals surface area contributed by atoms with Gasteiger partial charge in [-0.15, -0.1) is 0 Å². The van der Waals surface area contributed by atoms with Gasteiger partial charge in [-0.1, -0.05) is 6.07 Å². The van der Waals surface area contributed by atoms with Crippen LogP contribution >= 0.6 is 0 Å². The van der Waals surface area contributed by atoms with Crippen molar-refractivity contribution in [1.29, 1.82) is 0 Å². The highest BCUT2D eigenvalue weighted by Crippen LogP contribution is 2.37. The van der Waals surface area contributed by atoms with Crippen molar-refractivity contribution in [3.05, 3.63) is 29.3 Å². The van der Waals surface area contributed by atoms with Crippen LogP contribution in [-0.4, -0.2) is 18.2 Å². The van der Waals surface area contributed by atoms with Crippen molar-refractivity contribution in [2.75, 3.05) is 13.1 Å². The van der Waals surface area contributed by atoms with E-state index in [1.54, 1.807) is 0 Å². The normalized spacial score (nSPS) is 18.3. The average molecular weight is 245 g/mol. The Morgan fingerprint density at radius 3 is 2.35 bits per heavy atom. The zero-order valence-corrected chi connectivity index (χ0v) is 9.22. The Balaban J connectivity index is 2.25. The molecule has 0 amide bonds. The number of phenolic OH excluding ortho intramolecular Hbond substituents is 1. The summed E-state index contributed by atoms with van der Waals surface area (Å²) in [5, 5.41) is 12.9. The van der Waals surface area contributed by atoms with Gasteiger partial charge in [-0.05, 0) is 49.5 Å². The third kappa shape index (κ3) is 2.72. The molecule has 0 bridgehead atoms. The number of alkyl halides is 3. The first-order valence-corrected chi connectivity index (χ1v) is 5.59. The molecule has 1 aromatic carbocycles. The third-order valence-corrected chi connectivity index (χ3v) is 3.14. The van der Waals surface area contributed by atoms with Gasteiger partial charge >= 0.3 is 6.18 Å². The lowest BCUT2D eigenvalue weighted by Crippen LogP contribution is -2.26. The first kappa shape index (κ1) is 12.2. The molecule has 0 unspecified atom stereocenters. The van der Waals surface area contributed by atoms with Crippen molar-refractivity contribution < 1.29 is 18.3 Å². The number of halogens is 3. The second kappa shape index (κ2) is 4.56. The number of rotatable bonds is 1. The fourth-order valence-electron chi connectivity index (χ4n) is 2.20. The molecule has 0 saturated carbocycles. The summed E-state index contributed by atoms with van der Waals surface area (Å²) in [6, 6.07) is 3.25. The van der Waals surface area contributed by atoms with Crippen molar-refractivity contribution in [3.8, 4) is 5.75 Å². The van der Waals surface area contributed by atoms with Crippen molar-refractivity contribution in [1.82, 2.24) is 5.32 Å². The van der Waals surface area contributed by atoms with Crippen molar-refractivity contribution in [2.45, 2.75) is 24.9 Å². The SMILES string of the molecule is Oc1cc(C(F)(F)F)ccc1C1CCNCC1. The average Bonchev–Trinajstić information content (AvgIpc) is 2.29. The van der Waals surface area contributed by atoms with E-state index in [9.17, 15) is 18.3 Å². The monoisotopic (exact) mass is 245 g/mol. The Morgan fingerprint density at radius 2 is 1.82 bits per heavy atom. The summed E-state index contributed by atoms with van der Waals surface area (Å²) in [6.07, 6.45) is -2.71. The lowest BCUT2D eigenvalue weighted by molar-refractivity contribution is -0.137. The van der Waals surface area contributed by atoms with E-state index in [1.165, 1.54) is 6.07 Å². The molecule has 1 heterocycles. The second-order valence-electron chi connectivity index (χ2n) is 4.30. The maximum Gasteiger partial charge on any atom is 0.416 e. The van der Waals surface area contributed by atoms with Crippen LogP contribution in [-0.2, 0) is 6.18 Å². The minimum Gasteiger partial charge on any atom is -0.508 e. The zero-order valence-electron chi connectivity index (χ0n) is 9.22. The molecule has 0 spiro atoms. The lowest BCUT2D eigenvalue weighted by Gasteiger charge is -2.24. The van der Waals surface area contributed by atoms with E-state index in [0.717, 1.165) is 38.1 Å². The van der Waals surface area contributed by atoms with E-state index in [1.807, 2.05) is 0 Å². The molecule has 1 saturated heterocycles. The molecule has 0 aliphatic carbocycles. The molecule has 1 aromatic rings. The standard InChI is InChI=1S/C12H14F3NO/c13-12(14,15)9-1-2-10(11(17)7-9)8-3-5-16-6-4-8/h1-2,7-8,16-17H,3-6H2. The predicted molar refractivity (Wildman–Crippen MR) is 58.0 cm³/mol. The highest BCUT2D eigenvalue weighted by Gasteiger charge is 2.31. The van der Waals surface area contributed by atoms with E-state index in [0.29, 0.717) is 5.56 Å². The summed E-state index contributed by atoms with van der Waals surface area (Å²) in [5.74, 6) is -0.0924. The Morgan fingerprint density at radius 1 is 1.18 bits per heavy atom. The van der Waals surface area contributed by atoms with Gasteiger partial charge in [-0.2, -0.15) is 13.2 Å². The van der Waals surface area contributed by atoms with Gasteiger partial charge < -0.3 is 10.4 Å². The van der Waals surface area contributed by atoms with E-state index in [2.05, 4.69) is 5.32 Å². The molecule has 0 aromatic heterocycles. The molecule has 2 nitrogen and oxygen atoms in total. The maximum absolute atomic E-state index is 12.4. The van der Waals surface area contributed by atoms with Crippen LogP contribution in [0.5, 0.6) is 5.75 Å². The Kier molecular flexibility index (Phi) is 3.28. The van der Waals surface area contributed by atoms with E-state index >= 15 is 0 Å². The highest BCUT2D eigenvalue weighted by atomic mass is 19.4.